The van der Waals surface area contributed by atoms with Crippen LogP contribution in [0.25, 0.3) is 0 Å². The van der Waals surface area contributed by atoms with Crippen molar-refractivity contribution in [1.29, 1.82) is 0 Å². The fourth-order valence-corrected chi connectivity index (χ4v) is 1.56. The van der Waals surface area contributed by atoms with Crippen molar-refractivity contribution >= 4 is 18.1 Å². The van der Waals surface area contributed by atoms with Gasteiger partial charge in [-0.1, -0.05) is 13.5 Å². The van der Waals surface area contributed by atoms with Crippen LogP contribution in [0.2, 0.25) is 0 Å². The summed E-state index contributed by atoms with van der Waals surface area (Å²) in [4.78, 5) is 34.1. The van der Waals surface area contributed by atoms with Crippen molar-refractivity contribution in [2.75, 3.05) is 7.11 Å². The van der Waals surface area contributed by atoms with Gasteiger partial charge in [-0.25, -0.2) is 14.4 Å². The number of benzene rings is 1. The number of hydrogen-bond donors (Lipinski definition) is 0. The van der Waals surface area contributed by atoms with Crippen molar-refractivity contribution in [1.82, 2.24) is 0 Å². The molecule has 0 spiro atoms. The van der Waals surface area contributed by atoms with Crippen LogP contribution >= 0.6 is 0 Å². The molecule has 1 aromatic carbocycles. The van der Waals surface area contributed by atoms with Gasteiger partial charge < -0.3 is 18.9 Å². The first-order valence-electron chi connectivity index (χ1n) is 6.90. The summed E-state index contributed by atoms with van der Waals surface area (Å²) < 4.78 is 19.3. The number of hydrogen-bond acceptors (Lipinski definition) is 7. The summed E-state index contributed by atoms with van der Waals surface area (Å²) in [5.41, 5.74) is 0.317. The minimum atomic E-state index is -1.05. The molecule has 0 fully saturated rings. The van der Waals surface area contributed by atoms with Gasteiger partial charge in [0.05, 0.1) is 12.7 Å². The van der Waals surface area contributed by atoms with Gasteiger partial charge in [-0.2, -0.15) is 0 Å². The number of esters is 2. The van der Waals surface area contributed by atoms with Gasteiger partial charge >= 0.3 is 18.1 Å². The summed E-state index contributed by atoms with van der Waals surface area (Å²) >= 11 is 0. The lowest BCUT2D eigenvalue weighted by Crippen LogP contribution is -2.25. The van der Waals surface area contributed by atoms with Gasteiger partial charge in [-0.15, -0.1) is 0 Å². The van der Waals surface area contributed by atoms with Crippen molar-refractivity contribution in [3.05, 3.63) is 42.5 Å². The highest BCUT2D eigenvalue weighted by molar-refractivity contribution is 5.89. The molecule has 0 saturated heterocycles. The normalized spacial score (nSPS) is 11.0. The Balaban J connectivity index is 2.61. The summed E-state index contributed by atoms with van der Waals surface area (Å²) in [6.45, 7) is 5.11. The van der Waals surface area contributed by atoms with E-state index in [1.54, 1.807) is 0 Å². The first-order valence-corrected chi connectivity index (χ1v) is 6.90. The summed E-state index contributed by atoms with van der Waals surface area (Å²) in [5.74, 6) is -1.02. The Morgan fingerprint density at radius 3 is 2.35 bits per heavy atom. The Morgan fingerprint density at radius 1 is 1.17 bits per heavy atom. The average molecular weight is 322 g/mol. The maximum Gasteiger partial charge on any atom is 0.516 e. The van der Waals surface area contributed by atoms with Gasteiger partial charge in [0, 0.05) is 12.5 Å². The van der Waals surface area contributed by atoms with Crippen molar-refractivity contribution < 1.29 is 33.3 Å². The predicted octanol–water partition coefficient (Wildman–Crippen LogP) is 2.84. The number of ether oxygens (including phenoxy) is 4. The Kier molecular flexibility index (Phi) is 7.32. The second-order valence-corrected chi connectivity index (χ2v) is 4.35. The van der Waals surface area contributed by atoms with E-state index in [0.29, 0.717) is 18.4 Å². The fraction of sp³-hybridized carbons (Fsp3) is 0.312. The standard InChI is InChI=1S/C16H18O7/c1-4-6-14(22-13(17)5-2)23-16(19)21-12-9-7-11(8-10-12)15(18)20-3/h5,7-10,14H,2,4,6H2,1,3H3. The van der Waals surface area contributed by atoms with E-state index in [1.165, 1.54) is 31.4 Å². The molecular weight excluding hydrogens is 304 g/mol. The third-order valence-corrected chi connectivity index (χ3v) is 2.64. The minimum absolute atomic E-state index is 0.174. The van der Waals surface area contributed by atoms with Crippen LogP contribution in [0, 0.1) is 0 Å². The van der Waals surface area contributed by atoms with E-state index in [2.05, 4.69) is 11.3 Å². The van der Waals surface area contributed by atoms with Gasteiger partial charge in [0.15, 0.2) is 0 Å². The lowest BCUT2D eigenvalue weighted by molar-refractivity contribution is -0.164. The zero-order chi connectivity index (χ0) is 17.2. The van der Waals surface area contributed by atoms with E-state index < -0.39 is 24.4 Å². The summed E-state index contributed by atoms with van der Waals surface area (Å²) in [6, 6.07) is 5.71. The van der Waals surface area contributed by atoms with Gasteiger partial charge in [0.1, 0.15) is 5.75 Å². The Hall–Kier alpha value is -2.83. The summed E-state index contributed by atoms with van der Waals surface area (Å²) in [6.07, 6.45) is -0.131. The second kappa shape index (κ2) is 9.24. The first kappa shape index (κ1) is 18.2. The number of rotatable bonds is 7. The maximum absolute atomic E-state index is 11.7. The molecule has 0 heterocycles. The van der Waals surface area contributed by atoms with Crippen molar-refractivity contribution in [3.8, 4) is 5.75 Å². The van der Waals surface area contributed by atoms with E-state index in [0.717, 1.165) is 6.08 Å². The Morgan fingerprint density at radius 2 is 1.83 bits per heavy atom. The highest BCUT2D eigenvalue weighted by Gasteiger charge is 2.18. The summed E-state index contributed by atoms with van der Waals surface area (Å²) in [7, 11) is 1.27. The van der Waals surface area contributed by atoms with Crippen LogP contribution in [-0.4, -0.2) is 31.5 Å². The molecule has 0 aliphatic rings. The number of methoxy groups -OCH3 is 1. The predicted molar refractivity (Wildman–Crippen MR) is 79.9 cm³/mol. The lowest BCUT2D eigenvalue weighted by atomic mass is 10.2. The molecule has 0 amide bonds. The Bertz CT molecular complexity index is 562. The zero-order valence-electron chi connectivity index (χ0n) is 12.9. The molecule has 23 heavy (non-hydrogen) atoms. The smallest absolute Gasteiger partial charge is 0.465 e. The third-order valence-electron chi connectivity index (χ3n) is 2.64. The monoisotopic (exact) mass is 322 g/mol. The molecular formula is C16H18O7. The molecule has 1 unspecified atom stereocenters. The molecule has 1 rings (SSSR count). The van der Waals surface area contributed by atoms with Gasteiger partial charge in [-0.05, 0) is 30.7 Å². The summed E-state index contributed by atoms with van der Waals surface area (Å²) in [5, 5.41) is 0. The van der Waals surface area contributed by atoms with Crippen LogP contribution in [0.5, 0.6) is 5.75 Å². The molecule has 0 bridgehead atoms. The van der Waals surface area contributed by atoms with Crippen LogP contribution < -0.4 is 4.74 Å². The van der Waals surface area contributed by atoms with Crippen LogP contribution in [0.15, 0.2) is 36.9 Å². The van der Waals surface area contributed by atoms with E-state index in [1.807, 2.05) is 6.92 Å². The first-order chi connectivity index (χ1) is 11.0. The number of carbonyl (C=O) groups is 3. The van der Waals surface area contributed by atoms with Crippen molar-refractivity contribution in [2.45, 2.75) is 26.1 Å². The highest BCUT2D eigenvalue weighted by Crippen LogP contribution is 2.15. The van der Waals surface area contributed by atoms with Gasteiger partial charge in [-0.3, -0.25) is 0 Å². The van der Waals surface area contributed by atoms with Crippen LogP contribution in [0.4, 0.5) is 4.79 Å². The van der Waals surface area contributed by atoms with E-state index in [9.17, 15) is 14.4 Å². The molecule has 1 atom stereocenters. The molecule has 7 nitrogen and oxygen atoms in total. The molecule has 124 valence electrons. The molecule has 0 N–H and O–H groups in total. The Labute approximate surface area is 133 Å². The van der Waals surface area contributed by atoms with Crippen molar-refractivity contribution in [2.24, 2.45) is 0 Å². The topological polar surface area (TPSA) is 88.1 Å². The molecule has 0 aliphatic carbocycles. The molecule has 7 heteroatoms. The highest BCUT2D eigenvalue weighted by atomic mass is 16.8. The van der Waals surface area contributed by atoms with E-state index in [-0.39, 0.29) is 5.75 Å². The quantitative estimate of drug-likeness (QED) is 0.330. The van der Waals surface area contributed by atoms with E-state index in [4.69, 9.17) is 14.2 Å². The largest absolute Gasteiger partial charge is 0.516 e. The molecule has 0 aliphatic heterocycles. The molecule has 0 saturated carbocycles. The van der Waals surface area contributed by atoms with E-state index >= 15 is 0 Å². The van der Waals surface area contributed by atoms with Crippen LogP contribution in [0.1, 0.15) is 30.1 Å². The average Bonchev–Trinajstić information content (AvgIpc) is 2.54. The molecule has 0 aromatic heterocycles. The fourth-order valence-electron chi connectivity index (χ4n) is 1.56. The second-order valence-electron chi connectivity index (χ2n) is 4.35. The van der Waals surface area contributed by atoms with Crippen molar-refractivity contribution in [3.63, 3.8) is 0 Å². The SMILES string of the molecule is C=CC(=O)OC(CCC)OC(=O)Oc1ccc(C(=O)OC)cc1. The van der Waals surface area contributed by atoms with Crippen LogP contribution in [0.3, 0.4) is 0 Å². The number of carbonyl (C=O) groups excluding carboxylic acids is 3. The lowest BCUT2D eigenvalue weighted by Gasteiger charge is -2.16. The molecule has 1 aromatic rings. The molecule has 0 radical (unpaired) electrons. The maximum atomic E-state index is 11.7. The zero-order valence-corrected chi connectivity index (χ0v) is 12.9. The van der Waals surface area contributed by atoms with Gasteiger partial charge in [0.25, 0.3) is 6.29 Å². The minimum Gasteiger partial charge on any atom is -0.465 e. The van der Waals surface area contributed by atoms with Gasteiger partial charge in [0.2, 0.25) is 0 Å². The van der Waals surface area contributed by atoms with Crippen LogP contribution in [-0.2, 0) is 19.0 Å². The third kappa shape index (κ3) is 6.21.